The van der Waals surface area contributed by atoms with Gasteiger partial charge in [-0.1, -0.05) is 19.9 Å². The maximum Gasteiger partial charge on any atom is 0.338 e. The molecule has 1 aliphatic heterocycles. The predicted octanol–water partition coefficient (Wildman–Crippen LogP) is 2.86. The van der Waals surface area contributed by atoms with Crippen LogP contribution in [-0.2, 0) is 16.1 Å². The fraction of sp³-hybridized carbons (Fsp3) is 0.333. The van der Waals surface area contributed by atoms with Crippen LogP contribution in [0.25, 0.3) is 0 Å². The van der Waals surface area contributed by atoms with Gasteiger partial charge in [-0.25, -0.2) is 4.79 Å². The highest BCUT2D eigenvalue weighted by atomic mass is 32.1. The van der Waals surface area contributed by atoms with Crippen LogP contribution < -0.4 is 5.32 Å². The number of hydrogen-bond acceptors (Lipinski definition) is 6. The van der Waals surface area contributed by atoms with E-state index in [2.05, 4.69) is 5.32 Å². The summed E-state index contributed by atoms with van der Waals surface area (Å²) in [6, 6.07) is 8.03. The molecule has 3 amide bonds. The number of nitrogens with one attached hydrogen (secondary N) is 1. The van der Waals surface area contributed by atoms with Crippen LogP contribution in [0, 0.1) is 5.92 Å². The van der Waals surface area contributed by atoms with E-state index in [0.717, 1.165) is 4.88 Å². The van der Waals surface area contributed by atoms with Gasteiger partial charge in [0.2, 0.25) is 0 Å². The van der Waals surface area contributed by atoms with Crippen molar-refractivity contribution in [2.75, 3.05) is 13.2 Å². The Balaban J connectivity index is 1.58. The van der Waals surface area contributed by atoms with Gasteiger partial charge in [0.25, 0.3) is 17.7 Å². The molecule has 0 radical (unpaired) electrons. The zero-order valence-corrected chi connectivity index (χ0v) is 17.1. The van der Waals surface area contributed by atoms with Crippen molar-refractivity contribution >= 4 is 35.0 Å². The van der Waals surface area contributed by atoms with Crippen LogP contribution in [0.4, 0.5) is 0 Å². The Bertz CT molecular complexity index is 937. The van der Waals surface area contributed by atoms with Gasteiger partial charge in [-0.05, 0) is 42.0 Å². The Morgan fingerprint density at radius 3 is 2.59 bits per heavy atom. The van der Waals surface area contributed by atoms with Crippen LogP contribution in [-0.4, -0.2) is 41.7 Å². The molecule has 0 saturated heterocycles. The van der Waals surface area contributed by atoms with Gasteiger partial charge in [0.05, 0.1) is 23.2 Å². The first-order valence-electron chi connectivity index (χ1n) is 9.33. The summed E-state index contributed by atoms with van der Waals surface area (Å²) in [6.07, 6.45) is 0.709. The molecule has 7 nitrogen and oxygen atoms in total. The van der Waals surface area contributed by atoms with E-state index in [9.17, 15) is 19.2 Å². The zero-order chi connectivity index (χ0) is 21.0. The third-order valence-corrected chi connectivity index (χ3v) is 5.39. The second-order valence-corrected chi connectivity index (χ2v) is 8.17. The van der Waals surface area contributed by atoms with Gasteiger partial charge in [0, 0.05) is 11.4 Å². The van der Waals surface area contributed by atoms with Gasteiger partial charge in [0.1, 0.15) is 0 Å². The number of imide groups is 1. The van der Waals surface area contributed by atoms with Crippen molar-refractivity contribution in [3.05, 3.63) is 57.3 Å². The van der Waals surface area contributed by atoms with Crippen molar-refractivity contribution < 1.29 is 23.9 Å². The monoisotopic (exact) mass is 414 g/mol. The number of ether oxygens (including phenoxy) is 1. The van der Waals surface area contributed by atoms with E-state index in [1.807, 2.05) is 31.4 Å². The summed E-state index contributed by atoms with van der Waals surface area (Å²) >= 11 is 1.52. The predicted molar refractivity (Wildman–Crippen MR) is 108 cm³/mol. The average molecular weight is 414 g/mol. The number of rotatable bonds is 8. The van der Waals surface area contributed by atoms with E-state index in [-0.39, 0.29) is 22.6 Å². The van der Waals surface area contributed by atoms with Crippen LogP contribution in [0.3, 0.4) is 0 Å². The van der Waals surface area contributed by atoms with E-state index in [4.69, 9.17) is 4.74 Å². The lowest BCUT2D eigenvalue weighted by molar-refractivity contribution is -0.124. The van der Waals surface area contributed by atoms with Crippen LogP contribution in [0.5, 0.6) is 0 Å². The zero-order valence-electron chi connectivity index (χ0n) is 16.3. The van der Waals surface area contributed by atoms with Crippen molar-refractivity contribution in [2.45, 2.75) is 26.8 Å². The summed E-state index contributed by atoms with van der Waals surface area (Å²) in [5.41, 5.74) is 0.598. The van der Waals surface area contributed by atoms with E-state index in [1.54, 1.807) is 0 Å². The molecule has 29 heavy (non-hydrogen) atoms. The molecule has 0 spiro atoms. The molecule has 0 bridgehead atoms. The lowest BCUT2D eigenvalue weighted by Crippen LogP contribution is -2.31. The summed E-state index contributed by atoms with van der Waals surface area (Å²) < 4.78 is 5.03. The highest BCUT2D eigenvalue weighted by molar-refractivity contribution is 7.09. The Hall–Kier alpha value is -3.00. The van der Waals surface area contributed by atoms with Crippen molar-refractivity contribution in [3.63, 3.8) is 0 Å². The fourth-order valence-corrected chi connectivity index (χ4v) is 3.52. The molecule has 0 atom stereocenters. The maximum atomic E-state index is 12.5. The molecule has 0 fully saturated rings. The molecule has 152 valence electrons. The topological polar surface area (TPSA) is 92.8 Å². The Morgan fingerprint density at radius 1 is 1.14 bits per heavy atom. The van der Waals surface area contributed by atoms with Gasteiger partial charge in [-0.3, -0.25) is 19.3 Å². The average Bonchev–Trinajstić information content (AvgIpc) is 3.30. The third kappa shape index (κ3) is 4.89. The molecule has 0 unspecified atom stereocenters. The number of carbonyl (C=O) groups is 4. The van der Waals surface area contributed by atoms with E-state index in [1.165, 1.54) is 34.4 Å². The van der Waals surface area contributed by atoms with Crippen LogP contribution >= 0.6 is 11.3 Å². The molecule has 1 aromatic heterocycles. The molecule has 1 N–H and O–H groups in total. The Kier molecular flexibility index (Phi) is 6.43. The van der Waals surface area contributed by atoms with Crippen LogP contribution in [0.15, 0.2) is 35.7 Å². The highest BCUT2D eigenvalue weighted by Gasteiger charge is 2.35. The number of amides is 3. The van der Waals surface area contributed by atoms with E-state index < -0.39 is 24.4 Å². The Morgan fingerprint density at radius 2 is 1.90 bits per heavy atom. The lowest BCUT2D eigenvalue weighted by atomic mass is 10.1. The first-order valence-corrected chi connectivity index (χ1v) is 10.2. The number of hydrogen-bond donors (Lipinski definition) is 1. The first-order chi connectivity index (χ1) is 13.9. The largest absolute Gasteiger partial charge is 0.452 e. The molecule has 2 heterocycles. The number of nitrogens with zero attached hydrogens (tertiary/aromatic N) is 1. The van der Waals surface area contributed by atoms with Crippen molar-refractivity contribution in [1.82, 2.24) is 10.2 Å². The molecule has 3 rings (SSSR count). The second-order valence-electron chi connectivity index (χ2n) is 7.14. The smallest absolute Gasteiger partial charge is 0.338 e. The van der Waals surface area contributed by atoms with Crippen molar-refractivity contribution in [3.8, 4) is 0 Å². The van der Waals surface area contributed by atoms with Gasteiger partial charge in [0.15, 0.2) is 6.61 Å². The fourth-order valence-electron chi connectivity index (χ4n) is 2.87. The molecule has 8 heteroatoms. The highest BCUT2D eigenvalue weighted by Crippen LogP contribution is 2.25. The summed E-state index contributed by atoms with van der Waals surface area (Å²) in [4.78, 5) is 51.3. The summed E-state index contributed by atoms with van der Waals surface area (Å²) in [5.74, 6) is -1.54. The van der Waals surface area contributed by atoms with Gasteiger partial charge in [-0.15, -0.1) is 11.3 Å². The first kappa shape index (κ1) is 20.7. The SMILES string of the molecule is CC(C)CCN1C(=O)c2ccc(C(=O)OCC(=O)NCc3cccs3)cc2C1=O. The van der Waals surface area contributed by atoms with E-state index >= 15 is 0 Å². The number of esters is 1. The normalized spacial score (nSPS) is 13.0. The standard InChI is InChI=1S/C21H22N2O5S/c1-13(2)7-8-23-19(25)16-6-5-14(10-17(16)20(23)26)21(27)28-12-18(24)22-11-15-4-3-9-29-15/h3-6,9-10,13H,7-8,11-12H2,1-2H3,(H,22,24). The molecule has 1 aromatic carbocycles. The van der Waals surface area contributed by atoms with E-state index in [0.29, 0.717) is 25.4 Å². The molecular weight excluding hydrogens is 392 g/mol. The van der Waals surface area contributed by atoms with Gasteiger partial charge in [-0.2, -0.15) is 0 Å². The summed E-state index contributed by atoms with van der Waals surface area (Å²) in [7, 11) is 0. The molecule has 2 aromatic rings. The summed E-state index contributed by atoms with van der Waals surface area (Å²) in [5, 5.41) is 4.57. The second kappa shape index (κ2) is 9.00. The molecule has 1 aliphatic rings. The quantitative estimate of drug-likeness (QED) is 0.530. The third-order valence-electron chi connectivity index (χ3n) is 4.51. The molecular formula is C21H22N2O5S. The van der Waals surface area contributed by atoms with Crippen molar-refractivity contribution in [1.29, 1.82) is 0 Å². The minimum atomic E-state index is -0.722. The number of benzene rings is 1. The lowest BCUT2D eigenvalue weighted by Gasteiger charge is -2.14. The van der Waals surface area contributed by atoms with Crippen LogP contribution in [0.1, 0.15) is 56.2 Å². The van der Waals surface area contributed by atoms with Crippen molar-refractivity contribution in [2.24, 2.45) is 5.92 Å². The number of fused-ring (bicyclic) bond motifs is 1. The molecule has 0 saturated carbocycles. The maximum absolute atomic E-state index is 12.5. The van der Waals surface area contributed by atoms with Crippen LogP contribution in [0.2, 0.25) is 0 Å². The minimum absolute atomic E-state index is 0.127. The van der Waals surface area contributed by atoms with Gasteiger partial charge < -0.3 is 10.1 Å². The number of thiophene rings is 1. The van der Waals surface area contributed by atoms with Gasteiger partial charge >= 0.3 is 5.97 Å². The minimum Gasteiger partial charge on any atom is -0.452 e. The number of carbonyl (C=O) groups excluding carboxylic acids is 4. The molecule has 0 aliphatic carbocycles. The Labute approximate surface area is 172 Å². The summed E-state index contributed by atoms with van der Waals surface area (Å²) in [6.45, 7) is 4.32.